The highest BCUT2D eigenvalue weighted by atomic mass is 16.6. The van der Waals surface area contributed by atoms with Crippen molar-refractivity contribution in [2.24, 2.45) is 5.92 Å². The summed E-state index contributed by atoms with van der Waals surface area (Å²) >= 11 is 0. The zero-order chi connectivity index (χ0) is 11.0. The third kappa shape index (κ3) is 3.42. The van der Waals surface area contributed by atoms with E-state index in [0.717, 1.165) is 45.5 Å². The van der Waals surface area contributed by atoms with Gasteiger partial charge < -0.3 is 19.3 Å². The first-order valence-corrected chi connectivity index (χ1v) is 6.34. The summed E-state index contributed by atoms with van der Waals surface area (Å²) in [6, 6.07) is 0. The van der Waals surface area contributed by atoms with E-state index in [1.807, 2.05) is 0 Å². The molecule has 5 unspecified atom stereocenters. The zero-order valence-electron chi connectivity index (χ0n) is 9.51. The number of aliphatic hydroxyl groups excluding tert-OH is 1. The predicted molar refractivity (Wildman–Crippen MR) is 57.2 cm³/mol. The summed E-state index contributed by atoms with van der Waals surface area (Å²) < 4.78 is 15.6. The molecule has 3 aliphatic heterocycles. The van der Waals surface area contributed by atoms with Crippen LogP contribution in [0.4, 0.5) is 0 Å². The standard InChI is InChI=1S/C12H20O4/c13-12(4-11-7-16-11)8(3-10-6-15-10)1-2-9-5-14-9/h8-13H,1-7H2. The average Bonchev–Trinajstić information content (AvgIpc) is 3.12. The quantitative estimate of drug-likeness (QED) is 0.622. The molecule has 3 saturated heterocycles. The van der Waals surface area contributed by atoms with Gasteiger partial charge in [-0.25, -0.2) is 0 Å². The van der Waals surface area contributed by atoms with E-state index in [4.69, 9.17) is 14.2 Å². The lowest BCUT2D eigenvalue weighted by atomic mass is 9.89. The normalized spacial score (nSPS) is 39.2. The van der Waals surface area contributed by atoms with Gasteiger partial charge in [-0.3, -0.25) is 0 Å². The average molecular weight is 228 g/mol. The molecule has 0 saturated carbocycles. The summed E-state index contributed by atoms with van der Waals surface area (Å²) in [4.78, 5) is 0. The fourth-order valence-corrected chi connectivity index (χ4v) is 2.31. The van der Waals surface area contributed by atoms with Crippen LogP contribution in [0.25, 0.3) is 0 Å². The van der Waals surface area contributed by atoms with Crippen molar-refractivity contribution < 1.29 is 19.3 Å². The minimum Gasteiger partial charge on any atom is -0.393 e. The Bertz CT molecular complexity index is 233. The molecule has 0 aromatic carbocycles. The largest absolute Gasteiger partial charge is 0.393 e. The maximum Gasteiger partial charge on any atom is 0.0834 e. The van der Waals surface area contributed by atoms with Crippen LogP contribution in [-0.4, -0.2) is 49.3 Å². The Morgan fingerprint density at radius 1 is 0.938 bits per heavy atom. The van der Waals surface area contributed by atoms with Crippen LogP contribution in [-0.2, 0) is 14.2 Å². The number of ether oxygens (including phenoxy) is 3. The topological polar surface area (TPSA) is 57.8 Å². The van der Waals surface area contributed by atoms with E-state index in [0.29, 0.717) is 24.2 Å². The Morgan fingerprint density at radius 3 is 2.06 bits per heavy atom. The highest BCUT2D eigenvalue weighted by Gasteiger charge is 2.35. The van der Waals surface area contributed by atoms with Crippen LogP contribution < -0.4 is 0 Å². The molecule has 0 aromatic heterocycles. The molecule has 3 rings (SSSR count). The Labute approximate surface area is 95.9 Å². The van der Waals surface area contributed by atoms with Crippen LogP contribution in [0.15, 0.2) is 0 Å². The van der Waals surface area contributed by atoms with E-state index in [9.17, 15) is 5.11 Å². The second-order valence-corrected chi connectivity index (χ2v) is 5.24. The monoisotopic (exact) mass is 228 g/mol. The summed E-state index contributed by atoms with van der Waals surface area (Å²) in [7, 11) is 0. The van der Waals surface area contributed by atoms with Crippen molar-refractivity contribution in [3.05, 3.63) is 0 Å². The van der Waals surface area contributed by atoms with E-state index >= 15 is 0 Å². The van der Waals surface area contributed by atoms with E-state index in [1.54, 1.807) is 0 Å². The molecule has 0 amide bonds. The first kappa shape index (κ1) is 11.0. The Hall–Kier alpha value is -0.160. The number of aliphatic hydroxyl groups is 1. The van der Waals surface area contributed by atoms with Gasteiger partial charge in [-0.15, -0.1) is 0 Å². The Kier molecular flexibility index (Phi) is 3.16. The molecule has 0 spiro atoms. The maximum absolute atomic E-state index is 10.2. The van der Waals surface area contributed by atoms with Crippen molar-refractivity contribution in [1.29, 1.82) is 0 Å². The molecule has 0 aromatic rings. The van der Waals surface area contributed by atoms with E-state index in [-0.39, 0.29) is 6.10 Å². The van der Waals surface area contributed by atoms with Gasteiger partial charge in [0.2, 0.25) is 0 Å². The summed E-state index contributed by atoms with van der Waals surface area (Å²) in [5.41, 5.74) is 0. The third-order valence-corrected chi connectivity index (χ3v) is 3.68. The SMILES string of the molecule is OC(CC1CO1)C(CCC1CO1)CC1CO1. The first-order chi connectivity index (χ1) is 7.81. The molecule has 3 heterocycles. The van der Waals surface area contributed by atoms with Crippen LogP contribution >= 0.6 is 0 Å². The molecule has 16 heavy (non-hydrogen) atoms. The summed E-state index contributed by atoms with van der Waals surface area (Å²) in [5.74, 6) is 0.362. The number of hydrogen-bond donors (Lipinski definition) is 1. The second-order valence-electron chi connectivity index (χ2n) is 5.24. The molecule has 0 radical (unpaired) electrons. The van der Waals surface area contributed by atoms with Gasteiger partial charge in [-0.2, -0.15) is 0 Å². The number of hydrogen-bond acceptors (Lipinski definition) is 4. The van der Waals surface area contributed by atoms with Crippen LogP contribution in [0.5, 0.6) is 0 Å². The van der Waals surface area contributed by atoms with Crippen molar-refractivity contribution >= 4 is 0 Å². The maximum atomic E-state index is 10.2. The van der Waals surface area contributed by atoms with Crippen molar-refractivity contribution in [1.82, 2.24) is 0 Å². The molecule has 92 valence electrons. The fraction of sp³-hybridized carbons (Fsp3) is 1.00. The number of epoxide rings is 3. The molecule has 1 N–H and O–H groups in total. The number of rotatable bonds is 8. The lowest BCUT2D eigenvalue weighted by Crippen LogP contribution is -2.24. The molecule has 4 nitrogen and oxygen atoms in total. The van der Waals surface area contributed by atoms with Crippen molar-refractivity contribution in [3.8, 4) is 0 Å². The van der Waals surface area contributed by atoms with Gasteiger partial charge in [0.1, 0.15) is 0 Å². The minimum absolute atomic E-state index is 0.226. The molecule has 3 fully saturated rings. The Morgan fingerprint density at radius 2 is 1.50 bits per heavy atom. The lowest BCUT2D eigenvalue weighted by molar-refractivity contribution is 0.0741. The van der Waals surface area contributed by atoms with Gasteiger partial charge >= 0.3 is 0 Å². The van der Waals surface area contributed by atoms with Gasteiger partial charge in [0.05, 0.1) is 44.2 Å². The highest BCUT2D eigenvalue weighted by Crippen LogP contribution is 2.31. The highest BCUT2D eigenvalue weighted by molar-refractivity contribution is 4.84. The van der Waals surface area contributed by atoms with Crippen molar-refractivity contribution in [3.63, 3.8) is 0 Å². The van der Waals surface area contributed by atoms with Crippen molar-refractivity contribution in [2.75, 3.05) is 19.8 Å². The molecule has 0 aliphatic carbocycles. The summed E-state index contributed by atoms with van der Waals surface area (Å²) in [5, 5.41) is 10.2. The van der Waals surface area contributed by atoms with Gasteiger partial charge in [-0.1, -0.05) is 0 Å². The van der Waals surface area contributed by atoms with Crippen LogP contribution in [0.2, 0.25) is 0 Å². The van der Waals surface area contributed by atoms with Crippen molar-refractivity contribution in [2.45, 2.75) is 50.1 Å². The summed E-state index contributed by atoms with van der Waals surface area (Å²) in [6.07, 6.45) is 4.89. The molecule has 4 heteroatoms. The first-order valence-electron chi connectivity index (χ1n) is 6.34. The molecule has 0 bridgehead atoms. The third-order valence-electron chi connectivity index (χ3n) is 3.68. The molecule has 5 atom stereocenters. The van der Waals surface area contributed by atoms with E-state index < -0.39 is 0 Å². The molecular formula is C12H20O4. The second kappa shape index (κ2) is 4.61. The van der Waals surface area contributed by atoms with Gasteiger partial charge in [-0.05, 0) is 25.2 Å². The molecule has 3 aliphatic rings. The zero-order valence-corrected chi connectivity index (χ0v) is 9.51. The van der Waals surface area contributed by atoms with Gasteiger partial charge in [0.25, 0.3) is 0 Å². The Balaban J connectivity index is 1.44. The predicted octanol–water partition coefficient (Wildman–Crippen LogP) is 0.720. The van der Waals surface area contributed by atoms with Crippen LogP contribution in [0.1, 0.15) is 25.7 Å². The van der Waals surface area contributed by atoms with Crippen LogP contribution in [0, 0.1) is 5.92 Å². The molecular weight excluding hydrogens is 208 g/mol. The van der Waals surface area contributed by atoms with Gasteiger partial charge in [0, 0.05) is 6.42 Å². The van der Waals surface area contributed by atoms with Crippen LogP contribution in [0.3, 0.4) is 0 Å². The minimum atomic E-state index is -0.226. The van der Waals surface area contributed by atoms with E-state index in [2.05, 4.69) is 0 Å². The fourth-order valence-electron chi connectivity index (χ4n) is 2.31. The van der Waals surface area contributed by atoms with E-state index in [1.165, 1.54) is 0 Å². The van der Waals surface area contributed by atoms with Gasteiger partial charge in [0.15, 0.2) is 0 Å². The summed E-state index contributed by atoms with van der Waals surface area (Å²) in [6.45, 7) is 2.62. The lowest BCUT2D eigenvalue weighted by Gasteiger charge is -2.21. The smallest absolute Gasteiger partial charge is 0.0834 e.